The third-order valence-electron chi connectivity index (χ3n) is 3.12. The maximum Gasteiger partial charge on any atom is 0.193 e. The molecular formula is C15H19ClFIN4S. The Bertz CT molecular complexity index is 657. The molecule has 0 aliphatic rings. The normalized spacial score (nSPS) is 11.1. The molecule has 0 saturated carbocycles. The van der Waals surface area contributed by atoms with Crippen molar-refractivity contribution in [2.24, 2.45) is 4.99 Å². The number of benzene rings is 1. The molecule has 8 heteroatoms. The standard InChI is InChI=1S/C15H18ClFN4S.HI/c1-10-19-7-11(22-10)8-20-15(18-2)21(3)9-12-13(16)5-4-6-14(12)17;/h4-7H,8-9H2,1-3H3,(H,18,20);1H. The molecule has 23 heavy (non-hydrogen) atoms. The Balaban J connectivity index is 0.00000264. The molecule has 1 aromatic heterocycles. The summed E-state index contributed by atoms with van der Waals surface area (Å²) in [4.78, 5) is 11.4. The van der Waals surface area contributed by atoms with Crippen molar-refractivity contribution in [2.75, 3.05) is 14.1 Å². The van der Waals surface area contributed by atoms with Gasteiger partial charge in [-0.25, -0.2) is 9.37 Å². The Labute approximate surface area is 161 Å². The Hall–Kier alpha value is -0.930. The quantitative estimate of drug-likeness (QED) is 0.418. The summed E-state index contributed by atoms with van der Waals surface area (Å²) in [5, 5.41) is 4.68. The van der Waals surface area contributed by atoms with Gasteiger partial charge >= 0.3 is 0 Å². The lowest BCUT2D eigenvalue weighted by Crippen LogP contribution is -2.38. The molecule has 0 radical (unpaired) electrons. The average Bonchev–Trinajstić information content (AvgIpc) is 2.89. The van der Waals surface area contributed by atoms with Gasteiger partial charge in [0.25, 0.3) is 0 Å². The van der Waals surface area contributed by atoms with Gasteiger partial charge in [-0.3, -0.25) is 4.99 Å². The number of hydrogen-bond donors (Lipinski definition) is 1. The molecule has 0 atom stereocenters. The lowest BCUT2D eigenvalue weighted by Gasteiger charge is -2.22. The summed E-state index contributed by atoms with van der Waals surface area (Å²) >= 11 is 7.70. The van der Waals surface area contributed by atoms with Gasteiger partial charge in [-0.05, 0) is 19.1 Å². The van der Waals surface area contributed by atoms with Crippen molar-refractivity contribution in [1.82, 2.24) is 15.2 Å². The summed E-state index contributed by atoms with van der Waals surface area (Å²) < 4.78 is 13.9. The summed E-state index contributed by atoms with van der Waals surface area (Å²) in [7, 11) is 3.54. The Morgan fingerprint density at radius 3 is 2.78 bits per heavy atom. The number of hydrogen-bond acceptors (Lipinski definition) is 3. The minimum Gasteiger partial charge on any atom is -0.351 e. The van der Waals surface area contributed by atoms with Crippen LogP contribution in [0.25, 0.3) is 0 Å². The Morgan fingerprint density at radius 2 is 2.22 bits per heavy atom. The molecule has 0 unspecified atom stereocenters. The first-order valence-corrected chi connectivity index (χ1v) is 7.96. The highest BCUT2D eigenvalue weighted by atomic mass is 127. The molecule has 2 rings (SSSR count). The van der Waals surface area contributed by atoms with Crippen LogP contribution in [0, 0.1) is 12.7 Å². The zero-order valence-corrected chi connectivity index (χ0v) is 17.0. The molecule has 0 aliphatic heterocycles. The molecule has 0 bridgehead atoms. The molecular weight excluding hydrogens is 450 g/mol. The Morgan fingerprint density at radius 1 is 1.48 bits per heavy atom. The predicted molar refractivity (Wildman–Crippen MR) is 105 cm³/mol. The van der Waals surface area contributed by atoms with E-state index in [1.165, 1.54) is 6.07 Å². The van der Waals surface area contributed by atoms with E-state index in [-0.39, 0.29) is 29.8 Å². The number of rotatable bonds is 4. The number of thiazole rings is 1. The van der Waals surface area contributed by atoms with E-state index in [9.17, 15) is 4.39 Å². The van der Waals surface area contributed by atoms with Gasteiger partial charge in [0, 0.05) is 42.3 Å². The maximum absolute atomic E-state index is 13.9. The van der Waals surface area contributed by atoms with Gasteiger partial charge in [0.05, 0.1) is 11.6 Å². The van der Waals surface area contributed by atoms with Gasteiger partial charge in [-0.1, -0.05) is 17.7 Å². The zero-order valence-electron chi connectivity index (χ0n) is 13.1. The fourth-order valence-corrected chi connectivity index (χ4v) is 2.99. The average molecular weight is 469 g/mol. The van der Waals surface area contributed by atoms with E-state index in [4.69, 9.17) is 11.6 Å². The van der Waals surface area contributed by atoms with Gasteiger partial charge in [0.2, 0.25) is 0 Å². The van der Waals surface area contributed by atoms with E-state index >= 15 is 0 Å². The number of aromatic nitrogens is 1. The fourth-order valence-electron chi connectivity index (χ4n) is 2.03. The van der Waals surface area contributed by atoms with Crippen LogP contribution in [0.4, 0.5) is 4.39 Å². The van der Waals surface area contributed by atoms with Gasteiger partial charge in [0.15, 0.2) is 5.96 Å². The topological polar surface area (TPSA) is 40.5 Å². The second-order valence-corrected chi connectivity index (χ2v) is 6.53. The number of aliphatic imine (C=N–C) groups is 1. The monoisotopic (exact) mass is 468 g/mol. The van der Waals surface area contributed by atoms with E-state index in [0.717, 1.165) is 9.88 Å². The summed E-state index contributed by atoms with van der Waals surface area (Å²) in [6.07, 6.45) is 1.84. The molecule has 0 spiro atoms. The minimum atomic E-state index is -0.312. The van der Waals surface area contributed by atoms with Crippen molar-refractivity contribution < 1.29 is 4.39 Å². The predicted octanol–water partition coefficient (Wildman–Crippen LogP) is 4.07. The molecule has 4 nitrogen and oxygen atoms in total. The second kappa shape index (κ2) is 9.39. The number of aryl methyl sites for hydroxylation is 1. The Kier molecular flexibility index (Phi) is 8.21. The van der Waals surface area contributed by atoms with Gasteiger partial charge in [-0.15, -0.1) is 35.3 Å². The number of nitrogens with zero attached hydrogens (tertiary/aromatic N) is 3. The van der Waals surface area contributed by atoms with Gasteiger partial charge < -0.3 is 10.2 Å². The van der Waals surface area contributed by atoms with E-state index in [1.54, 1.807) is 30.5 Å². The van der Waals surface area contributed by atoms with E-state index in [2.05, 4.69) is 15.3 Å². The van der Waals surface area contributed by atoms with Crippen LogP contribution in [0.3, 0.4) is 0 Å². The highest BCUT2D eigenvalue weighted by Crippen LogP contribution is 2.20. The number of guanidine groups is 1. The zero-order chi connectivity index (χ0) is 16.1. The SMILES string of the molecule is CN=C(NCc1cnc(C)s1)N(C)Cc1c(F)cccc1Cl.I. The lowest BCUT2D eigenvalue weighted by atomic mass is 10.2. The van der Waals surface area contributed by atoms with Gasteiger partial charge in [-0.2, -0.15) is 0 Å². The number of halogens is 3. The van der Waals surface area contributed by atoms with Crippen molar-refractivity contribution in [2.45, 2.75) is 20.0 Å². The minimum absolute atomic E-state index is 0. The van der Waals surface area contributed by atoms with Crippen LogP contribution in [-0.2, 0) is 13.1 Å². The van der Waals surface area contributed by atoms with Crippen molar-refractivity contribution in [3.05, 3.63) is 50.7 Å². The molecule has 0 amide bonds. The van der Waals surface area contributed by atoms with Crippen LogP contribution in [0.2, 0.25) is 5.02 Å². The van der Waals surface area contributed by atoms with Crippen LogP contribution >= 0.6 is 46.9 Å². The van der Waals surface area contributed by atoms with Crippen LogP contribution in [0.15, 0.2) is 29.4 Å². The molecule has 2 aromatic rings. The second-order valence-electron chi connectivity index (χ2n) is 4.80. The molecule has 0 saturated heterocycles. The first-order valence-electron chi connectivity index (χ1n) is 6.77. The molecule has 1 heterocycles. The number of nitrogens with one attached hydrogen (secondary N) is 1. The fraction of sp³-hybridized carbons (Fsp3) is 0.333. The summed E-state index contributed by atoms with van der Waals surface area (Å²) in [6, 6.07) is 4.69. The van der Waals surface area contributed by atoms with Crippen molar-refractivity contribution >= 4 is 52.9 Å². The maximum atomic E-state index is 13.9. The third-order valence-corrected chi connectivity index (χ3v) is 4.39. The van der Waals surface area contributed by atoms with Crippen molar-refractivity contribution in [3.63, 3.8) is 0 Å². The van der Waals surface area contributed by atoms with Crippen molar-refractivity contribution in [1.29, 1.82) is 0 Å². The van der Waals surface area contributed by atoms with Crippen molar-refractivity contribution in [3.8, 4) is 0 Å². The van der Waals surface area contributed by atoms with E-state index in [1.807, 2.05) is 25.1 Å². The van der Waals surface area contributed by atoms with E-state index in [0.29, 0.717) is 29.6 Å². The highest BCUT2D eigenvalue weighted by molar-refractivity contribution is 14.0. The smallest absolute Gasteiger partial charge is 0.193 e. The molecule has 1 aromatic carbocycles. The largest absolute Gasteiger partial charge is 0.351 e. The molecule has 0 fully saturated rings. The molecule has 0 aliphatic carbocycles. The third kappa shape index (κ3) is 5.58. The molecule has 126 valence electrons. The molecule has 1 N–H and O–H groups in total. The first-order chi connectivity index (χ1) is 10.5. The summed E-state index contributed by atoms with van der Waals surface area (Å²) in [5.74, 6) is 0.359. The summed E-state index contributed by atoms with van der Waals surface area (Å²) in [6.45, 7) is 2.94. The highest BCUT2D eigenvalue weighted by Gasteiger charge is 2.13. The van der Waals surface area contributed by atoms with E-state index < -0.39 is 0 Å². The van der Waals surface area contributed by atoms with Crippen LogP contribution in [0.1, 0.15) is 15.4 Å². The van der Waals surface area contributed by atoms with Gasteiger partial charge in [0.1, 0.15) is 5.82 Å². The van der Waals surface area contributed by atoms with Crippen LogP contribution in [0.5, 0.6) is 0 Å². The summed E-state index contributed by atoms with van der Waals surface area (Å²) in [5.41, 5.74) is 0.461. The first kappa shape index (κ1) is 20.1. The lowest BCUT2D eigenvalue weighted by molar-refractivity contribution is 0.461. The van der Waals surface area contributed by atoms with Crippen LogP contribution < -0.4 is 5.32 Å². The van der Waals surface area contributed by atoms with Crippen LogP contribution in [-0.4, -0.2) is 29.9 Å².